The average molecular weight is 353 g/mol. The zero-order chi connectivity index (χ0) is 18.7. The molecule has 2 aromatic rings. The van der Waals surface area contributed by atoms with E-state index in [0.29, 0.717) is 22.7 Å². The highest BCUT2D eigenvalue weighted by Crippen LogP contribution is 2.31. The van der Waals surface area contributed by atoms with E-state index in [1.807, 2.05) is 13.0 Å². The third-order valence-electron chi connectivity index (χ3n) is 4.13. The first-order chi connectivity index (χ1) is 12.5. The Morgan fingerprint density at radius 2 is 1.88 bits per heavy atom. The van der Waals surface area contributed by atoms with E-state index in [0.717, 1.165) is 0 Å². The Bertz CT molecular complexity index is 848. The van der Waals surface area contributed by atoms with Crippen molar-refractivity contribution in [1.82, 2.24) is 0 Å². The van der Waals surface area contributed by atoms with Gasteiger partial charge in [0, 0.05) is 18.0 Å². The van der Waals surface area contributed by atoms with Crippen molar-refractivity contribution in [3.8, 4) is 5.75 Å². The van der Waals surface area contributed by atoms with Crippen LogP contribution in [0, 0.1) is 0 Å². The maximum Gasteiger partial charge on any atom is 0.265 e. The summed E-state index contributed by atoms with van der Waals surface area (Å²) in [4.78, 5) is 37.4. The van der Waals surface area contributed by atoms with Crippen LogP contribution in [0.25, 0.3) is 0 Å². The molecule has 7 nitrogen and oxygen atoms in total. The predicted molar refractivity (Wildman–Crippen MR) is 97.1 cm³/mol. The Morgan fingerprint density at radius 1 is 1.19 bits per heavy atom. The normalized spacial score (nSPS) is 16.3. The highest BCUT2D eigenvalue weighted by atomic mass is 16.5. The number of nitrogens with zero attached hydrogens (tertiary/aromatic N) is 1. The number of nitrogens with one attached hydrogen (secondary N) is 1. The lowest BCUT2D eigenvalue weighted by atomic mass is 10.1. The van der Waals surface area contributed by atoms with Gasteiger partial charge in [-0.2, -0.15) is 0 Å². The standard InChI is InChI=1S/C19H19N3O4/c1-12-10-17(23)21-15-4-2-3-5-16(15)22(12)18(24)11-26-14-8-6-13(7-9-14)19(20)25/h2-9,12H,10-11H2,1H3,(H2,20,25)(H,21,23)/t12-/m1/s1. The molecule has 0 aliphatic carbocycles. The molecule has 1 aliphatic heterocycles. The number of amides is 3. The summed E-state index contributed by atoms with van der Waals surface area (Å²) in [7, 11) is 0. The summed E-state index contributed by atoms with van der Waals surface area (Å²) in [6.45, 7) is 1.63. The van der Waals surface area contributed by atoms with Gasteiger partial charge in [-0.25, -0.2) is 0 Å². The topological polar surface area (TPSA) is 102 Å². The smallest absolute Gasteiger partial charge is 0.265 e. The van der Waals surface area contributed by atoms with Gasteiger partial charge in [0.05, 0.1) is 11.4 Å². The van der Waals surface area contributed by atoms with Gasteiger partial charge in [-0.3, -0.25) is 14.4 Å². The van der Waals surface area contributed by atoms with Gasteiger partial charge in [0.25, 0.3) is 5.91 Å². The average Bonchev–Trinajstić information content (AvgIpc) is 2.74. The lowest BCUT2D eigenvalue weighted by Gasteiger charge is -2.27. The minimum atomic E-state index is -0.528. The first-order valence-corrected chi connectivity index (χ1v) is 8.19. The molecule has 3 N–H and O–H groups in total. The fourth-order valence-electron chi connectivity index (χ4n) is 2.90. The number of primary amides is 1. The van der Waals surface area contributed by atoms with E-state index in [1.54, 1.807) is 35.2 Å². The van der Waals surface area contributed by atoms with Crippen LogP contribution in [0.15, 0.2) is 48.5 Å². The zero-order valence-corrected chi connectivity index (χ0v) is 14.3. The van der Waals surface area contributed by atoms with Crippen LogP contribution < -0.4 is 20.7 Å². The SMILES string of the molecule is C[C@@H]1CC(=O)Nc2ccccc2N1C(=O)COc1ccc(C(N)=O)cc1. The van der Waals surface area contributed by atoms with E-state index in [4.69, 9.17) is 10.5 Å². The summed E-state index contributed by atoms with van der Waals surface area (Å²) in [5, 5.41) is 2.81. The number of fused-ring (bicyclic) bond motifs is 1. The summed E-state index contributed by atoms with van der Waals surface area (Å²) in [5.41, 5.74) is 6.80. The first-order valence-electron chi connectivity index (χ1n) is 8.19. The van der Waals surface area contributed by atoms with Crippen molar-refractivity contribution in [2.45, 2.75) is 19.4 Å². The molecule has 0 spiro atoms. The number of hydrogen-bond donors (Lipinski definition) is 2. The molecular weight excluding hydrogens is 334 g/mol. The van der Waals surface area contributed by atoms with Crippen LogP contribution in [0.2, 0.25) is 0 Å². The second-order valence-corrected chi connectivity index (χ2v) is 6.06. The quantitative estimate of drug-likeness (QED) is 0.877. The first kappa shape index (κ1) is 17.5. The van der Waals surface area contributed by atoms with Gasteiger partial charge in [-0.15, -0.1) is 0 Å². The molecule has 2 aromatic carbocycles. The maximum atomic E-state index is 12.8. The van der Waals surface area contributed by atoms with E-state index in [-0.39, 0.29) is 30.9 Å². The molecule has 26 heavy (non-hydrogen) atoms. The lowest BCUT2D eigenvalue weighted by molar-refractivity contribution is -0.121. The molecule has 0 aromatic heterocycles. The molecule has 1 heterocycles. The Balaban J connectivity index is 1.76. The van der Waals surface area contributed by atoms with E-state index < -0.39 is 5.91 Å². The van der Waals surface area contributed by atoms with Gasteiger partial charge in [0.2, 0.25) is 11.8 Å². The summed E-state index contributed by atoms with van der Waals surface area (Å²) in [6, 6.07) is 13.1. The molecule has 0 radical (unpaired) electrons. The molecule has 3 amide bonds. The van der Waals surface area contributed by atoms with Crippen LogP contribution in [-0.4, -0.2) is 30.4 Å². The van der Waals surface area contributed by atoms with Crippen molar-refractivity contribution >= 4 is 29.1 Å². The zero-order valence-electron chi connectivity index (χ0n) is 14.3. The van der Waals surface area contributed by atoms with Gasteiger partial charge in [0.15, 0.2) is 6.61 Å². The van der Waals surface area contributed by atoms with E-state index in [1.165, 1.54) is 12.1 Å². The summed E-state index contributed by atoms with van der Waals surface area (Å²) < 4.78 is 5.54. The Kier molecular flexibility index (Phi) is 4.88. The lowest BCUT2D eigenvalue weighted by Crippen LogP contribution is -2.41. The van der Waals surface area contributed by atoms with Crippen LogP contribution in [0.4, 0.5) is 11.4 Å². The number of hydrogen-bond acceptors (Lipinski definition) is 4. The van der Waals surface area contributed by atoms with Crippen LogP contribution in [0.1, 0.15) is 23.7 Å². The van der Waals surface area contributed by atoms with Crippen molar-refractivity contribution in [1.29, 1.82) is 0 Å². The second-order valence-electron chi connectivity index (χ2n) is 6.06. The van der Waals surface area contributed by atoms with Gasteiger partial charge < -0.3 is 20.7 Å². The van der Waals surface area contributed by atoms with Crippen molar-refractivity contribution < 1.29 is 19.1 Å². The van der Waals surface area contributed by atoms with Crippen molar-refractivity contribution in [2.75, 3.05) is 16.8 Å². The number of ether oxygens (including phenoxy) is 1. The number of rotatable bonds is 4. The van der Waals surface area contributed by atoms with E-state index in [2.05, 4.69) is 5.32 Å². The predicted octanol–water partition coefficient (Wildman–Crippen LogP) is 1.93. The molecule has 0 bridgehead atoms. The molecule has 0 fully saturated rings. The molecule has 1 aliphatic rings. The number of carbonyl (C=O) groups excluding carboxylic acids is 3. The molecule has 7 heteroatoms. The highest BCUT2D eigenvalue weighted by molar-refractivity contribution is 6.04. The van der Waals surface area contributed by atoms with E-state index >= 15 is 0 Å². The third-order valence-corrected chi connectivity index (χ3v) is 4.13. The fourth-order valence-corrected chi connectivity index (χ4v) is 2.90. The summed E-state index contributed by atoms with van der Waals surface area (Å²) in [5.74, 6) is -0.475. The molecule has 0 saturated heterocycles. The summed E-state index contributed by atoms with van der Waals surface area (Å²) >= 11 is 0. The number of anilines is 2. The molecule has 3 rings (SSSR count). The van der Waals surface area contributed by atoms with Gasteiger partial charge in [-0.05, 0) is 43.3 Å². The minimum absolute atomic E-state index is 0.136. The molecule has 0 unspecified atom stereocenters. The van der Waals surface area contributed by atoms with Crippen LogP contribution >= 0.6 is 0 Å². The number of benzene rings is 2. The monoisotopic (exact) mass is 353 g/mol. The largest absolute Gasteiger partial charge is 0.484 e. The Labute approximate surface area is 150 Å². The summed E-state index contributed by atoms with van der Waals surface area (Å²) in [6.07, 6.45) is 0.202. The van der Waals surface area contributed by atoms with Crippen molar-refractivity contribution in [3.05, 3.63) is 54.1 Å². The van der Waals surface area contributed by atoms with Crippen LogP contribution in [0.5, 0.6) is 5.75 Å². The van der Waals surface area contributed by atoms with Crippen molar-refractivity contribution in [2.24, 2.45) is 5.73 Å². The van der Waals surface area contributed by atoms with Crippen LogP contribution in [0.3, 0.4) is 0 Å². The third kappa shape index (κ3) is 3.66. The highest BCUT2D eigenvalue weighted by Gasteiger charge is 2.29. The van der Waals surface area contributed by atoms with Crippen molar-refractivity contribution in [3.63, 3.8) is 0 Å². The number of nitrogens with two attached hydrogens (primary N) is 1. The maximum absolute atomic E-state index is 12.8. The van der Waals surface area contributed by atoms with Gasteiger partial charge in [0.1, 0.15) is 5.75 Å². The molecule has 1 atom stereocenters. The fraction of sp³-hybridized carbons (Fsp3) is 0.211. The number of para-hydroxylation sites is 2. The molecule has 0 saturated carbocycles. The molecule has 134 valence electrons. The minimum Gasteiger partial charge on any atom is -0.484 e. The molecular formula is C19H19N3O4. The van der Waals surface area contributed by atoms with Gasteiger partial charge in [-0.1, -0.05) is 12.1 Å². The van der Waals surface area contributed by atoms with Crippen LogP contribution in [-0.2, 0) is 9.59 Å². The Hall–Kier alpha value is -3.35. The number of carbonyl (C=O) groups is 3. The second kappa shape index (κ2) is 7.26. The Morgan fingerprint density at radius 3 is 2.58 bits per heavy atom. The van der Waals surface area contributed by atoms with Gasteiger partial charge >= 0.3 is 0 Å². The van der Waals surface area contributed by atoms with E-state index in [9.17, 15) is 14.4 Å².